The number of hydrogen-bond donors (Lipinski definition) is 1. The Balaban J connectivity index is 1.81. The van der Waals surface area contributed by atoms with Crippen LogP contribution in [0.3, 0.4) is 0 Å². The van der Waals surface area contributed by atoms with Crippen LogP contribution in [-0.4, -0.2) is 34.2 Å². The van der Waals surface area contributed by atoms with Gasteiger partial charge in [-0.2, -0.15) is 0 Å². The van der Waals surface area contributed by atoms with E-state index >= 15 is 0 Å². The van der Waals surface area contributed by atoms with Crippen molar-refractivity contribution in [3.63, 3.8) is 0 Å². The maximum atomic E-state index is 12.5. The van der Waals surface area contributed by atoms with Gasteiger partial charge in [0, 0.05) is 17.4 Å². The molecule has 0 bridgehead atoms. The average Bonchev–Trinajstić information content (AvgIpc) is 3.05. The lowest BCUT2D eigenvalue weighted by Gasteiger charge is -2.16. The van der Waals surface area contributed by atoms with Gasteiger partial charge in [0.1, 0.15) is 5.75 Å². The van der Waals surface area contributed by atoms with Crippen molar-refractivity contribution >= 4 is 48.7 Å². The highest BCUT2D eigenvalue weighted by Crippen LogP contribution is 2.30. The quantitative estimate of drug-likeness (QED) is 0.675. The van der Waals surface area contributed by atoms with Gasteiger partial charge in [0.15, 0.2) is 0 Å². The van der Waals surface area contributed by atoms with Crippen LogP contribution in [0.25, 0.3) is 10.1 Å². The second-order valence-corrected chi connectivity index (χ2v) is 9.07. The first kappa shape index (κ1) is 19.2. The van der Waals surface area contributed by atoms with E-state index < -0.39 is 10.0 Å². The maximum absolute atomic E-state index is 12.5. The van der Waals surface area contributed by atoms with Crippen LogP contribution >= 0.6 is 11.3 Å². The Morgan fingerprint density at radius 2 is 1.85 bits per heavy atom. The largest absolute Gasteiger partial charge is 0.494 e. The van der Waals surface area contributed by atoms with Gasteiger partial charge in [0.2, 0.25) is 10.0 Å². The van der Waals surface area contributed by atoms with Crippen LogP contribution in [0.15, 0.2) is 48.5 Å². The zero-order valence-corrected chi connectivity index (χ0v) is 16.9. The number of carbonyl (C=O) groups is 1. The molecule has 0 unspecified atom stereocenters. The molecule has 0 aliphatic rings. The summed E-state index contributed by atoms with van der Waals surface area (Å²) in [5.74, 6) is 0.540. The summed E-state index contributed by atoms with van der Waals surface area (Å²) in [6.45, 7) is 2.50. The van der Waals surface area contributed by atoms with Crippen LogP contribution in [0.5, 0.6) is 5.75 Å². The van der Waals surface area contributed by atoms with Crippen LogP contribution in [0, 0.1) is 0 Å². The number of thiophene rings is 1. The maximum Gasteiger partial charge on any atom is 0.265 e. The molecule has 0 aliphatic heterocycles. The number of rotatable bonds is 6. The summed E-state index contributed by atoms with van der Waals surface area (Å²) in [5.41, 5.74) is 1.24. The van der Waals surface area contributed by atoms with Gasteiger partial charge in [-0.3, -0.25) is 9.10 Å². The molecular weight excluding hydrogens is 384 g/mol. The number of carbonyl (C=O) groups excluding carboxylic acids is 1. The number of sulfonamides is 1. The predicted molar refractivity (Wildman–Crippen MR) is 111 cm³/mol. The van der Waals surface area contributed by atoms with E-state index in [-0.39, 0.29) is 5.91 Å². The minimum atomic E-state index is -3.34. The second kappa shape index (κ2) is 7.58. The summed E-state index contributed by atoms with van der Waals surface area (Å²) in [7, 11) is -1.83. The lowest BCUT2D eigenvalue weighted by molar-refractivity contribution is 0.103. The molecule has 2 aromatic carbocycles. The van der Waals surface area contributed by atoms with E-state index in [0.717, 1.165) is 22.1 Å². The van der Waals surface area contributed by atoms with Crippen LogP contribution in [0.1, 0.15) is 16.6 Å². The third-order valence-corrected chi connectivity index (χ3v) is 6.33. The molecule has 1 amide bonds. The third kappa shape index (κ3) is 4.40. The molecule has 1 aromatic heterocycles. The van der Waals surface area contributed by atoms with E-state index in [1.165, 1.54) is 22.7 Å². The fraction of sp³-hybridized carbons (Fsp3) is 0.211. The summed E-state index contributed by atoms with van der Waals surface area (Å²) in [6, 6.07) is 14.3. The molecule has 6 nitrogen and oxygen atoms in total. The van der Waals surface area contributed by atoms with E-state index in [4.69, 9.17) is 4.74 Å². The highest BCUT2D eigenvalue weighted by molar-refractivity contribution is 7.92. The van der Waals surface area contributed by atoms with Gasteiger partial charge in [-0.05, 0) is 60.8 Å². The molecule has 0 saturated carbocycles. The molecular formula is C19H20N2O4S2. The zero-order chi connectivity index (χ0) is 19.6. The van der Waals surface area contributed by atoms with Crippen molar-refractivity contribution < 1.29 is 17.9 Å². The Bertz CT molecular complexity index is 1070. The molecule has 1 heterocycles. The summed E-state index contributed by atoms with van der Waals surface area (Å²) >= 11 is 1.36. The van der Waals surface area contributed by atoms with E-state index in [2.05, 4.69) is 5.32 Å². The van der Waals surface area contributed by atoms with Crippen LogP contribution < -0.4 is 14.4 Å². The SMILES string of the molecule is CCOc1ccc(NC(=O)c2cc3cc(N(C)S(C)(=O)=O)ccc3s2)cc1. The Labute approximate surface area is 162 Å². The van der Waals surface area contributed by atoms with Crippen molar-refractivity contribution in [2.24, 2.45) is 0 Å². The molecule has 8 heteroatoms. The van der Waals surface area contributed by atoms with Crippen molar-refractivity contribution in [2.45, 2.75) is 6.92 Å². The number of fused-ring (bicyclic) bond motifs is 1. The van der Waals surface area contributed by atoms with Crippen LogP contribution in [-0.2, 0) is 10.0 Å². The summed E-state index contributed by atoms with van der Waals surface area (Å²) < 4.78 is 30.9. The molecule has 0 fully saturated rings. The normalized spacial score (nSPS) is 11.4. The number of anilines is 2. The van der Waals surface area contributed by atoms with Gasteiger partial charge in [0.25, 0.3) is 5.91 Å². The van der Waals surface area contributed by atoms with Crippen molar-refractivity contribution in [2.75, 3.05) is 29.5 Å². The van der Waals surface area contributed by atoms with Crippen molar-refractivity contribution in [3.8, 4) is 5.75 Å². The van der Waals surface area contributed by atoms with Gasteiger partial charge >= 0.3 is 0 Å². The van der Waals surface area contributed by atoms with Crippen molar-refractivity contribution in [1.82, 2.24) is 0 Å². The second-order valence-electron chi connectivity index (χ2n) is 5.97. The minimum absolute atomic E-state index is 0.210. The Kier molecular flexibility index (Phi) is 5.38. The summed E-state index contributed by atoms with van der Waals surface area (Å²) in [6.07, 6.45) is 1.15. The number of nitrogens with zero attached hydrogens (tertiary/aromatic N) is 1. The number of hydrogen-bond acceptors (Lipinski definition) is 5. The summed E-state index contributed by atoms with van der Waals surface area (Å²) in [4.78, 5) is 13.1. The molecule has 0 aliphatic carbocycles. The lowest BCUT2D eigenvalue weighted by atomic mass is 10.2. The monoisotopic (exact) mass is 404 g/mol. The van der Waals surface area contributed by atoms with Gasteiger partial charge in [-0.1, -0.05) is 0 Å². The molecule has 27 heavy (non-hydrogen) atoms. The third-order valence-electron chi connectivity index (χ3n) is 4.01. The Morgan fingerprint density at radius 3 is 2.48 bits per heavy atom. The predicted octanol–water partition coefficient (Wildman–Crippen LogP) is 3.95. The van der Waals surface area contributed by atoms with Crippen molar-refractivity contribution in [3.05, 3.63) is 53.4 Å². The molecule has 0 saturated heterocycles. The lowest BCUT2D eigenvalue weighted by Crippen LogP contribution is -2.24. The Morgan fingerprint density at radius 1 is 1.15 bits per heavy atom. The molecule has 3 aromatic rings. The van der Waals surface area contributed by atoms with Crippen LogP contribution in [0.4, 0.5) is 11.4 Å². The Hall–Kier alpha value is -2.58. The molecule has 142 valence electrons. The number of nitrogens with one attached hydrogen (secondary N) is 1. The minimum Gasteiger partial charge on any atom is -0.494 e. The van der Waals surface area contributed by atoms with E-state index in [1.54, 1.807) is 42.5 Å². The smallest absolute Gasteiger partial charge is 0.265 e. The first-order valence-electron chi connectivity index (χ1n) is 8.29. The topological polar surface area (TPSA) is 75.7 Å². The van der Waals surface area contributed by atoms with E-state index in [0.29, 0.717) is 22.9 Å². The fourth-order valence-corrected chi connectivity index (χ4v) is 3.96. The van der Waals surface area contributed by atoms with Gasteiger partial charge < -0.3 is 10.1 Å². The van der Waals surface area contributed by atoms with Gasteiger partial charge in [0.05, 0.1) is 23.4 Å². The van der Waals surface area contributed by atoms with Crippen LogP contribution in [0.2, 0.25) is 0 Å². The average molecular weight is 405 g/mol. The molecule has 0 spiro atoms. The highest BCUT2D eigenvalue weighted by atomic mass is 32.2. The molecule has 0 atom stereocenters. The number of ether oxygens (including phenoxy) is 1. The summed E-state index contributed by atoms with van der Waals surface area (Å²) in [5, 5.41) is 3.68. The highest BCUT2D eigenvalue weighted by Gasteiger charge is 2.15. The number of benzene rings is 2. The first-order valence-corrected chi connectivity index (χ1v) is 11.0. The molecule has 3 rings (SSSR count). The van der Waals surface area contributed by atoms with Crippen molar-refractivity contribution in [1.29, 1.82) is 0 Å². The molecule has 0 radical (unpaired) electrons. The van der Waals surface area contributed by atoms with Gasteiger partial charge in [-0.25, -0.2) is 8.42 Å². The fourth-order valence-electron chi connectivity index (χ4n) is 2.52. The zero-order valence-electron chi connectivity index (χ0n) is 15.2. The first-order chi connectivity index (χ1) is 12.8. The van der Waals surface area contributed by atoms with Gasteiger partial charge in [-0.15, -0.1) is 11.3 Å². The number of amides is 1. The van der Waals surface area contributed by atoms with E-state index in [1.807, 2.05) is 13.0 Å². The standard InChI is InChI=1S/C19H20N2O4S2/c1-4-25-16-8-5-14(6-9-16)20-19(22)18-12-13-11-15(7-10-17(13)26-18)21(2)27(3,23)24/h5-12H,4H2,1-3H3,(H,20,22). The van der Waals surface area contributed by atoms with E-state index in [9.17, 15) is 13.2 Å². The molecule has 1 N–H and O–H groups in total.